The fraction of sp³-hybridized carbons (Fsp3) is 0.500. The SMILES string of the molecule is CN1C(=O)N[C@@]2(O)[C@@H]3NC(=O)c4ccc(Br)n4[C@@H]3C[C@@]12O. The Bertz CT molecular complexity index is 691. The van der Waals surface area contributed by atoms with Crippen LogP contribution in [0.2, 0.25) is 0 Å². The second kappa shape index (κ2) is 3.60. The van der Waals surface area contributed by atoms with E-state index in [-0.39, 0.29) is 18.4 Å². The van der Waals surface area contributed by atoms with E-state index in [1.165, 1.54) is 7.05 Å². The molecule has 4 N–H and O–H groups in total. The highest BCUT2D eigenvalue weighted by Gasteiger charge is 2.73. The number of nitrogens with zero attached hydrogens (tertiary/aromatic N) is 2. The van der Waals surface area contributed by atoms with Crippen molar-refractivity contribution in [3.8, 4) is 0 Å². The largest absolute Gasteiger partial charge is 0.366 e. The first-order valence-electron chi connectivity index (χ1n) is 6.48. The Morgan fingerprint density at radius 1 is 1.38 bits per heavy atom. The molecule has 1 saturated heterocycles. The molecule has 1 aliphatic carbocycles. The Kier molecular flexibility index (Phi) is 2.25. The van der Waals surface area contributed by atoms with Crippen molar-refractivity contribution in [3.05, 3.63) is 22.4 Å². The van der Waals surface area contributed by atoms with E-state index in [4.69, 9.17) is 0 Å². The normalized spacial score (nSPS) is 40.5. The van der Waals surface area contributed by atoms with Gasteiger partial charge in [0.05, 0.1) is 10.6 Å². The van der Waals surface area contributed by atoms with E-state index in [9.17, 15) is 19.8 Å². The number of urea groups is 1. The average molecular weight is 357 g/mol. The van der Waals surface area contributed by atoms with Gasteiger partial charge in [-0.3, -0.25) is 9.69 Å². The van der Waals surface area contributed by atoms with Crippen molar-refractivity contribution in [1.82, 2.24) is 20.1 Å². The van der Waals surface area contributed by atoms with Crippen LogP contribution in [0.15, 0.2) is 16.7 Å². The fourth-order valence-electron chi connectivity index (χ4n) is 3.68. The first-order valence-corrected chi connectivity index (χ1v) is 7.27. The number of nitrogens with one attached hydrogen (secondary N) is 2. The van der Waals surface area contributed by atoms with Crippen molar-refractivity contribution in [1.29, 1.82) is 0 Å². The molecule has 4 rings (SSSR count). The third kappa shape index (κ3) is 1.27. The van der Waals surface area contributed by atoms with Gasteiger partial charge in [0.25, 0.3) is 5.91 Å². The van der Waals surface area contributed by atoms with Crippen molar-refractivity contribution < 1.29 is 19.8 Å². The van der Waals surface area contributed by atoms with Crippen LogP contribution in [-0.2, 0) is 0 Å². The second-order valence-corrected chi connectivity index (χ2v) is 6.52. The van der Waals surface area contributed by atoms with Crippen molar-refractivity contribution in [2.45, 2.75) is 30.0 Å². The van der Waals surface area contributed by atoms with Gasteiger partial charge in [0.1, 0.15) is 11.7 Å². The van der Waals surface area contributed by atoms with Gasteiger partial charge in [-0.2, -0.15) is 0 Å². The number of rotatable bonds is 0. The Morgan fingerprint density at radius 3 is 2.81 bits per heavy atom. The summed E-state index contributed by atoms with van der Waals surface area (Å²) in [7, 11) is 1.41. The van der Waals surface area contributed by atoms with Crippen molar-refractivity contribution in [2.24, 2.45) is 0 Å². The van der Waals surface area contributed by atoms with Crippen LogP contribution in [0.25, 0.3) is 0 Å². The number of hydrogen-bond donors (Lipinski definition) is 4. The maximum atomic E-state index is 12.2. The highest BCUT2D eigenvalue weighted by molar-refractivity contribution is 9.10. The summed E-state index contributed by atoms with van der Waals surface area (Å²) in [6.07, 6.45) is 0.101. The third-order valence-corrected chi connectivity index (χ3v) is 5.46. The minimum absolute atomic E-state index is 0.101. The van der Waals surface area contributed by atoms with E-state index in [1.54, 1.807) is 16.7 Å². The molecule has 2 aliphatic heterocycles. The molecule has 0 bridgehead atoms. The summed E-state index contributed by atoms with van der Waals surface area (Å²) in [6, 6.07) is 1.63. The number of aromatic nitrogens is 1. The minimum atomic E-state index is -1.93. The van der Waals surface area contributed by atoms with Gasteiger partial charge < -0.3 is 25.4 Å². The lowest BCUT2D eigenvalue weighted by Gasteiger charge is -2.37. The molecule has 0 unspecified atom stereocenters. The number of amides is 3. The number of carbonyl (C=O) groups is 2. The zero-order valence-corrected chi connectivity index (χ0v) is 12.6. The van der Waals surface area contributed by atoms with Crippen LogP contribution in [0, 0.1) is 0 Å². The average Bonchev–Trinajstić information content (AvgIpc) is 2.95. The van der Waals surface area contributed by atoms with Gasteiger partial charge in [-0.05, 0) is 28.1 Å². The summed E-state index contributed by atoms with van der Waals surface area (Å²) in [5, 5.41) is 26.7. The summed E-state index contributed by atoms with van der Waals surface area (Å²) < 4.78 is 2.42. The predicted octanol–water partition coefficient (Wildman–Crippen LogP) is -0.660. The molecule has 3 heterocycles. The van der Waals surface area contributed by atoms with Gasteiger partial charge in [-0.25, -0.2) is 4.79 Å². The summed E-state index contributed by atoms with van der Waals surface area (Å²) in [5.74, 6) is -0.358. The van der Waals surface area contributed by atoms with E-state index < -0.39 is 23.5 Å². The molecule has 9 heteroatoms. The molecule has 1 aromatic rings. The van der Waals surface area contributed by atoms with Gasteiger partial charge in [0, 0.05) is 13.5 Å². The number of halogens is 1. The molecule has 3 amide bonds. The van der Waals surface area contributed by atoms with Crippen LogP contribution >= 0.6 is 15.9 Å². The highest BCUT2D eigenvalue weighted by Crippen LogP contribution is 2.51. The Hall–Kier alpha value is -1.58. The van der Waals surface area contributed by atoms with Gasteiger partial charge >= 0.3 is 6.03 Å². The molecule has 4 atom stereocenters. The van der Waals surface area contributed by atoms with Crippen LogP contribution in [0.3, 0.4) is 0 Å². The quantitative estimate of drug-likeness (QED) is 0.495. The predicted molar refractivity (Wildman–Crippen MR) is 73.2 cm³/mol. The maximum Gasteiger partial charge on any atom is 0.321 e. The lowest BCUT2D eigenvalue weighted by atomic mass is 10.0. The van der Waals surface area contributed by atoms with Gasteiger partial charge in [0.2, 0.25) is 5.72 Å². The minimum Gasteiger partial charge on any atom is -0.366 e. The molecule has 8 nitrogen and oxygen atoms in total. The molecule has 1 saturated carbocycles. The molecule has 0 spiro atoms. The Morgan fingerprint density at radius 2 is 2.10 bits per heavy atom. The van der Waals surface area contributed by atoms with Crippen LogP contribution < -0.4 is 10.6 Å². The molecule has 21 heavy (non-hydrogen) atoms. The number of carbonyl (C=O) groups excluding carboxylic acids is 2. The Labute approximate surface area is 127 Å². The summed E-state index contributed by atoms with van der Waals surface area (Å²) in [5.41, 5.74) is -3.26. The molecule has 2 fully saturated rings. The molecule has 0 aromatic carbocycles. The number of likely N-dealkylation sites (N-methyl/N-ethyl adjacent to an activating group) is 1. The van der Waals surface area contributed by atoms with Crippen molar-refractivity contribution >= 4 is 27.9 Å². The smallest absolute Gasteiger partial charge is 0.321 e. The molecule has 112 valence electrons. The number of fused-ring (bicyclic) bond motifs is 5. The topological polar surface area (TPSA) is 107 Å². The maximum absolute atomic E-state index is 12.2. The third-order valence-electron chi connectivity index (χ3n) is 4.82. The second-order valence-electron chi connectivity index (χ2n) is 5.71. The van der Waals surface area contributed by atoms with E-state index in [0.717, 1.165) is 4.90 Å². The van der Waals surface area contributed by atoms with E-state index in [0.29, 0.717) is 10.3 Å². The van der Waals surface area contributed by atoms with Crippen molar-refractivity contribution in [2.75, 3.05) is 7.05 Å². The highest BCUT2D eigenvalue weighted by atomic mass is 79.9. The molecule has 1 aromatic heterocycles. The standard InChI is InChI=1S/C12H13BrN4O4/c1-16-10(19)15-12(21)8-6(4-11(12,16)20)17-5(9(18)14-8)2-3-7(17)13/h2-3,6,8,20-21H,4H2,1H3,(H,14,18)(H,15,19)/t6-,8-,11+,12-/m1/s1. The lowest BCUT2D eigenvalue weighted by Crippen LogP contribution is -2.67. The van der Waals surface area contributed by atoms with Crippen molar-refractivity contribution in [3.63, 3.8) is 0 Å². The van der Waals surface area contributed by atoms with Crippen LogP contribution in [0.5, 0.6) is 0 Å². The zero-order chi connectivity index (χ0) is 15.2. The molecule has 0 radical (unpaired) electrons. The first kappa shape index (κ1) is 13.1. The summed E-state index contributed by atoms with van der Waals surface area (Å²) in [6.45, 7) is 0. The summed E-state index contributed by atoms with van der Waals surface area (Å²) >= 11 is 3.38. The monoisotopic (exact) mass is 356 g/mol. The van der Waals surface area contributed by atoms with Crippen LogP contribution in [0.4, 0.5) is 4.79 Å². The number of hydrogen-bond acceptors (Lipinski definition) is 4. The molecule has 3 aliphatic rings. The Balaban J connectivity index is 1.89. The molecular formula is C12H13BrN4O4. The lowest BCUT2D eigenvalue weighted by molar-refractivity contribution is -0.178. The van der Waals surface area contributed by atoms with E-state index in [2.05, 4.69) is 26.6 Å². The van der Waals surface area contributed by atoms with Gasteiger partial charge in [-0.1, -0.05) is 0 Å². The van der Waals surface area contributed by atoms with Crippen LogP contribution in [-0.4, -0.2) is 56.2 Å². The number of aliphatic hydroxyl groups is 2. The first-order chi connectivity index (χ1) is 9.79. The van der Waals surface area contributed by atoms with Gasteiger partial charge in [0.15, 0.2) is 5.72 Å². The molecular weight excluding hydrogens is 344 g/mol. The summed E-state index contributed by atoms with van der Waals surface area (Å²) in [4.78, 5) is 25.0. The zero-order valence-electron chi connectivity index (χ0n) is 11.0. The van der Waals surface area contributed by atoms with Gasteiger partial charge in [-0.15, -0.1) is 0 Å². The fourth-order valence-corrected chi connectivity index (χ4v) is 4.27. The van der Waals surface area contributed by atoms with Crippen LogP contribution in [0.1, 0.15) is 23.0 Å². The van der Waals surface area contributed by atoms with E-state index >= 15 is 0 Å². The van der Waals surface area contributed by atoms with E-state index in [1.807, 2.05) is 0 Å².